The topological polar surface area (TPSA) is 64.0 Å². The van der Waals surface area contributed by atoms with Crippen LogP contribution in [-0.4, -0.2) is 54.3 Å². The zero-order valence-electron chi connectivity index (χ0n) is 9.76. The van der Waals surface area contributed by atoms with Crippen LogP contribution in [0.1, 0.15) is 10.4 Å². The number of phenolic OH excluding ortho intramolecular Hbond substituents is 1. The van der Waals surface area contributed by atoms with E-state index in [4.69, 9.17) is 5.11 Å². The fourth-order valence-corrected chi connectivity index (χ4v) is 1.97. The molecule has 0 amide bonds. The lowest BCUT2D eigenvalue weighted by Crippen LogP contribution is -2.44. The van der Waals surface area contributed by atoms with E-state index in [-0.39, 0.29) is 11.3 Å². The summed E-state index contributed by atoms with van der Waals surface area (Å²) in [6.07, 6.45) is 0. The standard InChI is InChI=1S/C12H16N2O3/c1-13-4-6-14(7-5-13)10-3-2-9(12(16)17)8-11(10)15/h2-3,8,15H,4-7H2,1H3,(H,16,17). The maximum atomic E-state index is 10.8. The molecule has 5 heteroatoms. The number of hydrogen-bond acceptors (Lipinski definition) is 4. The summed E-state index contributed by atoms with van der Waals surface area (Å²) in [5, 5.41) is 18.7. The monoisotopic (exact) mass is 236 g/mol. The minimum atomic E-state index is -1.02. The van der Waals surface area contributed by atoms with Crippen molar-refractivity contribution in [2.45, 2.75) is 0 Å². The molecule has 2 N–H and O–H groups in total. The van der Waals surface area contributed by atoms with Gasteiger partial charge in [0, 0.05) is 26.2 Å². The Hall–Kier alpha value is -1.75. The van der Waals surface area contributed by atoms with Gasteiger partial charge in [-0.25, -0.2) is 4.79 Å². The minimum absolute atomic E-state index is 0.0365. The number of phenols is 1. The molecule has 0 atom stereocenters. The van der Waals surface area contributed by atoms with Crippen molar-refractivity contribution in [2.24, 2.45) is 0 Å². The van der Waals surface area contributed by atoms with E-state index in [1.165, 1.54) is 12.1 Å². The van der Waals surface area contributed by atoms with Gasteiger partial charge in [0.15, 0.2) is 0 Å². The third-order valence-corrected chi connectivity index (χ3v) is 3.07. The summed E-state index contributed by atoms with van der Waals surface area (Å²) < 4.78 is 0. The van der Waals surface area contributed by atoms with Crippen molar-refractivity contribution >= 4 is 11.7 Å². The Morgan fingerprint density at radius 3 is 2.41 bits per heavy atom. The Kier molecular flexibility index (Phi) is 3.19. The highest BCUT2D eigenvalue weighted by Crippen LogP contribution is 2.28. The zero-order valence-corrected chi connectivity index (χ0v) is 9.76. The van der Waals surface area contributed by atoms with E-state index >= 15 is 0 Å². The molecule has 0 aliphatic carbocycles. The molecule has 0 spiro atoms. The predicted molar refractivity (Wildman–Crippen MR) is 64.8 cm³/mol. The fraction of sp³-hybridized carbons (Fsp3) is 0.417. The zero-order chi connectivity index (χ0) is 12.4. The first-order valence-corrected chi connectivity index (χ1v) is 5.58. The molecule has 1 heterocycles. The molecule has 0 saturated carbocycles. The van der Waals surface area contributed by atoms with E-state index in [0.29, 0.717) is 5.69 Å². The summed E-state index contributed by atoms with van der Waals surface area (Å²) in [6, 6.07) is 4.50. The largest absolute Gasteiger partial charge is 0.506 e. The van der Waals surface area contributed by atoms with Gasteiger partial charge in [0.1, 0.15) is 5.75 Å². The molecule has 1 aliphatic heterocycles. The van der Waals surface area contributed by atoms with Crippen molar-refractivity contribution in [3.63, 3.8) is 0 Å². The van der Waals surface area contributed by atoms with Crippen LogP contribution in [0.3, 0.4) is 0 Å². The molecule has 0 bridgehead atoms. The lowest BCUT2D eigenvalue weighted by atomic mass is 10.1. The number of likely N-dealkylation sites (N-methyl/N-ethyl adjacent to an activating group) is 1. The van der Waals surface area contributed by atoms with E-state index in [9.17, 15) is 9.90 Å². The minimum Gasteiger partial charge on any atom is -0.506 e. The van der Waals surface area contributed by atoms with Gasteiger partial charge in [-0.05, 0) is 25.2 Å². The third-order valence-electron chi connectivity index (χ3n) is 3.07. The van der Waals surface area contributed by atoms with Crippen LogP contribution < -0.4 is 4.90 Å². The highest BCUT2D eigenvalue weighted by Gasteiger charge is 2.17. The van der Waals surface area contributed by atoms with Crippen LogP contribution in [0.15, 0.2) is 18.2 Å². The van der Waals surface area contributed by atoms with Gasteiger partial charge in [0.05, 0.1) is 11.3 Å². The third kappa shape index (κ3) is 2.50. The normalized spacial score (nSPS) is 17.1. The van der Waals surface area contributed by atoms with E-state index in [1.807, 2.05) is 0 Å². The van der Waals surface area contributed by atoms with Gasteiger partial charge < -0.3 is 20.0 Å². The van der Waals surface area contributed by atoms with Crippen molar-refractivity contribution < 1.29 is 15.0 Å². The number of rotatable bonds is 2. The second-order valence-electron chi connectivity index (χ2n) is 4.30. The summed E-state index contributed by atoms with van der Waals surface area (Å²) in [6.45, 7) is 3.58. The first kappa shape index (κ1) is 11.7. The number of aromatic carboxylic acids is 1. The van der Waals surface area contributed by atoms with Gasteiger partial charge in [0.25, 0.3) is 0 Å². The molecule has 1 aromatic carbocycles. The van der Waals surface area contributed by atoms with Crippen molar-refractivity contribution in [1.82, 2.24) is 4.90 Å². The summed E-state index contributed by atoms with van der Waals surface area (Å²) in [5.74, 6) is -0.986. The molecule has 1 saturated heterocycles. The number of piperazine rings is 1. The van der Waals surface area contributed by atoms with Crippen LogP contribution in [0.25, 0.3) is 0 Å². The lowest BCUT2D eigenvalue weighted by molar-refractivity contribution is 0.0696. The summed E-state index contributed by atoms with van der Waals surface area (Å²) in [5.41, 5.74) is 0.823. The van der Waals surface area contributed by atoms with Gasteiger partial charge in [-0.15, -0.1) is 0 Å². The first-order chi connectivity index (χ1) is 8.08. The second-order valence-corrected chi connectivity index (χ2v) is 4.30. The molecular weight excluding hydrogens is 220 g/mol. The van der Waals surface area contributed by atoms with Crippen molar-refractivity contribution in [2.75, 3.05) is 38.1 Å². The van der Waals surface area contributed by atoms with Gasteiger partial charge in [-0.1, -0.05) is 0 Å². The van der Waals surface area contributed by atoms with Crippen molar-refractivity contribution in [1.29, 1.82) is 0 Å². The summed E-state index contributed by atoms with van der Waals surface area (Å²) in [4.78, 5) is 15.0. The predicted octanol–water partition coefficient (Wildman–Crippen LogP) is 0.842. The average Bonchev–Trinajstić information content (AvgIpc) is 2.30. The molecule has 92 valence electrons. The molecule has 5 nitrogen and oxygen atoms in total. The Balaban J connectivity index is 2.19. The van der Waals surface area contributed by atoms with Gasteiger partial charge >= 0.3 is 5.97 Å². The molecular formula is C12H16N2O3. The summed E-state index contributed by atoms with van der Waals surface area (Å²) in [7, 11) is 2.06. The maximum absolute atomic E-state index is 10.8. The van der Waals surface area contributed by atoms with Crippen LogP contribution in [0.2, 0.25) is 0 Å². The van der Waals surface area contributed by atoms with Gasteiger partial charge in [-0.2, -0.15) is 0 Å². The molecule has 0 aromatic heterocycles. The van der Waals surface area contributed by atoms with E-state index in [2.05, 4.69) is 16.8 Å². The number of aromatic hydroxyl groups is 1. The molecule has 0 unspecified atom stereocenters. The average molecular weight is 236 g/mol. The van der Waals surface area contributed by atoms with E-state index in [1.54, 1.807) is 6.07 Å². The van der Waals surface area contributed by atoms with Gasteiger partial charge in [-0.3, -0.25) is 0 Å². The first-order valence-electron chi connectivity index (χ1n) is 5.58. The molecule has 0 radical (unpaired) electrons. The van der Waals surface area contributed by atoms with Crippen LogP contribution in [0.5, 0.6) is 5.75 Å². The Labute approximate surface area is 99.9 Å². The number of carboxylic acid groups (broad SMARTS) is 1. The number of carboxylic acids is 1. The Bertz CT molecular complexity index is 426. The molecule has 17 heavy (non-hydrogen) atoms. The van der Waals surface area contributed by atoms with Crippen LogP contribution >= 0.6 is 0 Å². The highest BCUT2D eigenvalue weighted by atomic mass is 16.4. The molecule has 1 aliphatic rings. The number of carbonyl (C=O) groups is 1. The van der Waals surface area contributed by atoms with Crippen LogP contribution in [0.4, 0.5) is 5.69 Å². The Morgan fingerprint density at radius 2 is 1.88 bits per heavy atom. The van der Waals surface area contributed by atoms with Crippen LogP contribution in [-0.2, 0) is 0 Å². The van der Waals surface area contributed by atoms with Crippen molar-refractivity contribution in [3.8, 4) is 5.75 Å². The quantitative estimate of drug-likeness (QED) is 0.796. The highest BCUT2D eigenvalue weighted by molar-refractivity contribution is 5.89. The maximum Gasteiger partial charge on any atom is 0.335 e. The molecule has 1 fully saturated rings. The number of benzene rings is 1. The van der Waals surface area contributed by atoms with Gasteiger partial charge in [0.2, 0.25) is 0 Å². The number of hydrogen-bond donors (Lipinski definition) is 2. The second kappa shape index (κ2) is 4.63. The van der Waals surface area contributed by atoms with E-state index in [0.717, 1.165) is 26.2 Å². The summed E-state index contributed by atoms with van der Waals surface area (Å²) >= 11 is 0. The molecule has 1 aromatic rings. The number of nitrogens with zero attached hydrogens (tertiary/aromatic N) is 2. The molecule has 2 rings (SSSR count). The lowest BCUT2D eigenvalue weighted by Gasteiger charge is -2.34. The van der Waals surface area contributed by atoms with Crippen molar-refractivity contribution in [3.05, 3.63) is 23.8 Å². The van der Waals surface area contributed by atoms with Crippen LogP contribution in [0, 0.1) is 0 Å². The SMILES string of the molecule is CN1CCN(c2ccc(C(=O)O)cc2O)CC1. The Morgan fingerprint density at radius 1 is 1.24 bits per heavy atom. The number of anilines is 1. The van der Waals surface area contributed by atoms with E-state index < -0.39 is 5.97 Å². The smallest absolute Gasteiger partial charge is 0.335 e. The fourth-order valence-electron chi connectivity index (χ4n) is 1.97.